The molecule has 0 aromatic heterocycles. The molecule has 0 aliphatic rings. The van der Waals surface area contributed by atoms with E-state index in [1.807, 2.05) is 0 Å². The number of rotatable bonds is 2. The summed E-state index contributed by atoms with van der Waals surface area (Å²) in [5.41, 5.74) is -0.739. The molecule has 0 radical (unpaired) electrons. The Bertz CT molecular complexity index is 423. The van der Waals surface area contributed by atoms with Crippen molar-refractivity contribution in [2.24, 2.45) is 0 Å². The fourth-order valence-corrected chi connectivity index (χ4v) is 1.60. The average molecular weight is 222 g/mol. The van der Waals surface area contributed by atoms with Crippen molar-refractivity contribution in [2.75, 3.05) is 6.26 Å². The minimum atomic E-state index is -5.01. The second-order valence-electron chi connectivity index (χ2n) is 2.99. The molecule has 0 fully saturated rings. The van der Waals surface area contributed by atoms with Gasteiger partial charge in [0, 0.05) is 11.2 Å². The molecule has 1 N–H and O–H groups in total. The molecule has 0 spiro atoms. The topological polar surface area (TPSA) is 40.9 Å². The van der Waals surface area contributed by atoms with Crippen molar-refractivity contribution >= 4 is 22.2 Å². The summed E-state index contributed by atoms with van der Waals surface area (Å²) in [4.78, 5) is 0.112. The molecule has 1 rings (SSSR count). The van der Waals surface area contributed by atoms with E-state index in [1.165, 1.54) is 6.26 Å². The van der Waals surface area contributed by atoms with Crippen molar-refractivity contribution in [2.45, 2.75) is 4.90 Å². The molecule has 0 saturated carbocycles. The van der Waals surface area contributed by atoms with Crippen LogP contribution in [-0.2, 0) is 9.73 Å². The molecule has 7 heteroatoms. The zero-order chi connectivity index (χ0) is 11.0. The Hall–Kier alpha value is -0.975. The number of hydrogen-bond acceptors (Lipinski definition) is 2. The van der Waals surface area contributed by atoms with E-state index in [9.17, 15) is 17.2 Å². The monoisotopic (exact) mass is 222 g/mol. The first-order chi connectivity index (χ1) is 6.21. The summed E-state index contributed by atoms with van der Waals surface area (Å²) in [7, 11) is -2.93. The molecule has 1 atom stereocenters. The van der Waals surface area contributed by atoms with E-state index in [1.54, 1.807) is 0 Å². The van der Waals surface area contributed by atoms with Crippen LogP contribution in [0.3, 0.4) is 0 Å². The number of benzene rings is 1. The van der Waals surface area contributed by atoms with Crippen LogP contribution in [0, 0.1) is 4.78 Å². The quantitative estimate of drug-likeness (QED) is 0.761. The van der Waals surface area contributed by atoms with Crippen LogP contribution in [0.5, 0.6) is 0 Å². The first kappa shape index (κ1) is 11.1. The minimum absolute atomic E-state index is 0.112. The third-order valence-electron chi connectivity index (χ3n) is 1.71. The Morgan fingerprint density at radius 3 is 1.93 bits per heavy atom. The zero-order valence-corrected chi connectivity index (χ0v) is 8.15. The summed E-state index contributed by atoms with van der Waals surface area (Å²) in [6.45, 7) is -5.01. The normalized spacial score (nSPS) is 16.3. The fourth-order valence-electron chi connectivity index (χ4n) is 0.946. The van der Waals surface area contributed by atoms with Gasteiger partial charge in [-0.1, -0.05) is 12.1 Å². The van der Waals surface area contributed by atoms with E-state index in [2.05, 4.69) is 0 Å². The van der Waals surface area contributed by atoms with Crippen LogP contribution in [0.25, 0.3) is 0 Å². The van der Waals surface area contributed by atoms with Gasteiger partial charge in [0.2, 0.25) is 0 Å². The minimum Gasteiger partial charge on any atom is -0.445 e. The lowest BCUT2D eigenvalue weighted by atomic mass is 9.80. The van der Waals surface area contributed by atoms with Crippen molar-refractivity contribution in [3.8, 4) is 0 Å². The van der Waals surface area contributed by atoms with Crippen LogP contribution in [-0.4, -0.2) is 17.4 Å². The smallest absolute Gasteiger partial charge is 0.445 e. The van der Waals surface area contributed by atoms with Crippen LogP contribution >= 0.6 is 0 Å². The van der Waals surface area contributed by atoms with Gasteiger partial charge in [-0.3, -0.25) is 0 Å². The van der Waals surface area contributed by atoms with E-state index < -0.39 is 22.2 Å². The standard InChI is InChI=1S/C7H8BF3NOS/c1-14(12,13)7-4-2-6(3-5-7)8(9,10)11/h2-5,12H,1H3/q-1. The molecule has 0 amide bonds. The van der Waals surface area contributed by atoms with Crippen LogP contribution in [0.2, 0.25) is 0 Å². The predicted octanol–water partition coefficient (Wildman–Crippen LogP) is 1.78. The van der Waals surface area contributed by atoms with E-state index in [4.69, 9.17) is 4.78 Å². The first-order valence-corrected chi connectivity index (χ1v) is 5.71. The maximum Gasteiger partial charge on any atom is 0.509 e. The maximum absolute atomic E-state index is 12.2. The summed E-state index contributed by atoms with van der Waals surface area (Å²) in [5.74, 6) is 0. The van der Waals surface area contributed by atoms with Crippen LogP contribution in [0.4, 0.5) is 12.9 Å². The van der Waals surface area contributed by atoms with Crippen molar-refractivity contribution in [3.05, 3.63) is 24.3 Å². The summed E-state index contributed by atoms with van der Waals surface area (Å²) < 4.78 is 54.8. The molecule has 2 nitrogen and oxygen atoms in total. The lowest BCUT2D eigenvalue weighted by Crippen LogP contribution is -2.33. The summed E-state index contributed by atoms with van der Waals surface area (Å²) >= 11 is 0. The highest BCUT2D eigenvalue weighted by Gasteiger charge is 2.25. The van der Waals surface area contributed by atoms with Crippen molar-refractivity contribution in [1.82, 2.24) is 0 Å². The molecule has 14 heavy (non-hydrogen) atoms. The van der Waals surface area contributed by atoms with Gasteiger partial charge in [0.05, 0.1) is 9.73 Å². The molecule has 0 aliphatic heterocycles. The summed E-state index contributed by atoms with van der Waals surface area (Å²) in [5, 5.41) is 0. The summed E-state index contributed by atoms with van der Waals surface area (Å²) in [6, 6.07) is 3.87. The van der Waals surface area contributed by atoms with Gasteiger partial charge in [-0.25, -0.2) is 8.99 Å². The van der Waals surface area contributed by atoms with Gasteiger partial charge in [-0.05, 0) is 12.1 Å². The van der Waals surface area contributed by atoms with Crippen molar-refractivity contribution in [3.63, 3.8) is 0 Å². The SMILES string of the molecule is CS(=N)(=O)c1ccc([B-](F)(F)F)cc1. The van der Waals surface area contributed by atoms with E-state index in [0.717, 1.165) is 24.3 Å². The maximum atomic E-state index is 12.2. The van der Waals surface area contributed by atoms with Crippen molar-refractivity contribution < 1.29 is 17.2 Å². The van der Waals surface area contributed by atoms with Gasteiger partial charge >= 0.3 is 6.98 Å². The summed E-state index contributed by atoms with van der Waals surface area (Å²) in [6.07, 6.45) is 1.17. The van der Waals surface area contributed by atoms with Gasteiger partial charge in [0.1, 0.15) is 0 Å². The van der Waals surface area contributed by atoms with Crippen molar-refractivity contribution in [1.29, 1.82) is 4.78 Å². The molecular formula is C7H8BF3NOS-. The molecule has 0 heterocycles. The molecule has 1 aromatic rings. The third-order valence-corrected chi connectivity index (χ3v) is 2.88. The van der Waals surface area contributed by atoms with Crippen LogP contribution < -0.4 is 5.46 Å². The largest absolute Gasteiger partial charge is 0.509 e. The van der Waals surface area contributed by atoms with E-state index in [0.29, 0.717) is 0 Å². The third kappa shape index (κ3) is 2.51. The van der Waals surface area contributed by atoms with Gasteiger partial charge in [0.15, 0.2) is 0 Å². The Kier molecular flexibility index (Phi) is 2.62. The predicted molar refractivity (Wildman–Crippen MR) is 50.2 cm³/mol. The second-order valence-corrected chi connectivity index (χ2v) is 5.15. The lowest BCUT2D eigenvalue weighted by molar-refractivity contribution is 0.501. The molecule has 1 aromatic carbocycles. The lowest BCUT2D eigenvalue weighted by Gasteiger charge is -2.14. The van der Waals surface area contributed by atoms with E-state index in [-0.39, 0.29) is 4.90 Å². The van der Waals surface area contributed by atoms with Gasteiger partial charge < -0.3 is 12.9 Å². The Morgan fingerprint density at radius 2 is 1.64 bits per heavy atom. The Morgan fingerprint density at radius 1 is 1.21 bits per heavy atom. The van der Waals surface area contributed by atoms with Crippen LogP contribution in [0.1, 0.15) is 0 Å². The zero-order valence-electron chi connectivity index (χ0n) is 7.34. The molecule has 0 bridgehead atoms. The first-order valence-electron chi connectivity index (χ1n) is 3.75. The molecule has 1 unspecified atom stereocenters. The van der Waals surface area contributed by atoms with E-state index >= 15 is 0 Å². The van der Waals surface area contributed by atoms with Crippen LogP contribution in [0.15, 0.2) is 29.2 Å². The highest BCUT2D eigenvalue weighted by atomic mass is 32.2. The second kappa shape index (κ2) is 3.31. The number of hydrogen-bond donors (Lipinski definition) is 1. The Balaban J connectivity index is 3.14. The number of halogens is 3. The average Bonchev–Trinajstić information content (AvgIpc) is 2.01. The number of nitrogens with one attached hydrogen (secondary N) is 1. The van der Waals surface area contributed by atoms with Gasteiger partial charge in [-0.15, -0.1) is 5.46 Å². The molecule has 78 valence electrons. The highest BCUT2D eigenvalue weighted by molar-refractivity contribution is 7.91. The molecular weight excluding hydrogens is 214 g/mol. The van der Waals surface area contributed by atoms with Gasteiger partial charge in [0.25, 0.3) is 0 Å². The highest BCUT2D eigenvalue weighted by Crippen LogP contribution is 2.12. The molecule has 0 saturated heterocycles. The Labute approximate surface area is 80.2 Å². The molecule has 0 aliphatic carbocycles. The van der Waals surface area contributed by atoms with Gasteiger partial charge in [-0.2, -0.15) is 0 Å². The fraction of sp³-hybridized carbons (Fsp3) is 0.143.